The van der Waals surface area contributed by atoms with Crippen LogP contribution in [0.3, 0.4) is 0 Å². The number of thiazole rings is 1. The van der Waals surface area contributed by atoms with Gasteiger partial charge in [-0.2, -0.15) is 0 Å². The highest BCUT2D eigenvalue weighted by Gasteiger charge is 2.19. The van der Waals surface area contributed by atoms with Crippen molar-refractivity contribution in [2.24, 2.45) is 0 Å². The molecule has 3 rings (SSSR count). The van der Waals surface area contributed by atoms with Crippen molar-refractivity contribution in [1.29, 1.82) is 0 Å². The van der Waals surface area contributed by atoms with Gasteiger partial charge in [-0.3, -0.25) is 4.79 Å². The summed E-state index contributed by atoms with van der Waals surface area (Å²) in [5.41, 5.74) is 1.65. The molecule has 9 heteroatoms. The molecule has 0 saturated heterocycles. The second-order valence-electron chi connectivity index (χ2n) is 7.57. The normalized spacial score (nSPS) is 11.3. The molecule has 0 atom stereocenters. The number of amides is 1. The molecule has 176 valence electrons. The fourth-order valence-electron chi connectivity index (χ4n) is 3.14. The van der Waals surface area contributed by atoms with Gasteiger partial charge >= 0.3 is 0 Å². The number of carbonyl (C=O) groups is 1. The standard InChI is InChI=1S/C24H28N2O5S2/c1-5-30-19-12-10-18(11-13-19)23-25-17(2)22(32-23)24(27)26(3)14-7-15-31-20-8-6-9-21(16-20)33(4,28)29/h6,8-13,16H,5,7,14-15H2,1-4H3. The van der Waals surface area contributed by atoms with Crippen LogP contribution >= 0.6 is 11.3 Å². The fourth-order valence-corrected chi connectivity index (χ4v) is 4.86. The third-order valence-corrected chi connectivity index (χ3v) is 7.19. The van der Waals surface area contributed by atoms with E-state index in [-0.39, 0.29) is 10.8 Å². The highest BCUT2D eigenvalue weighted by molar-refractivity contribution is 7.90. The van der Waals surface area contributed by atoms with E-state index in [0.717, 1.165) is 22.6 Å². The van der Waals surface area contributed by atoms with Gasteiger partial charge < -0.3 is 14.4 Å². The molecule has 3 aromatic rings. The molecular weight excluding hydrogens is 460 g/mol. The lowest BCUT2D eigenvalue weighted by Crippen LogP contribution is -2.28. The van der Waals surface area contributed by atoms with E-state index in [1.54, 1.807) is 24.1 Å². The van der Waals surface area contributed by atoms with Gasteiger partial charge in [-0.1, -0.05) is 6.07 Å². The van der Waals surface area contributed by atoms with Crippen LogP contribution in [0.2, 0.25) is 0 Å². The lowest BCUT2D eigenvalue weighted by molar-refractivity contribution is 0.0791. The number of carbonyl (C=O) groups excluding carboxylic acids is 1. The van der Waals surface area contributed by atoms with Crippen LogP contribution in [0.4, 0.5) is 0 Å². The summed E-state index contributed by atoms with van der Waals surface area (Å²) in [5, 5.41) is 0.793. The van der Waals surface area contributed by atoms with Crippen molar-refractivity contribution in [2.75, 3.05) is 33.1 Å². The molecule has 0 fully saturated rings. The lowest BCUT2D eigenvalue weighted by Gasteiger charge is -2.16. The minimum Gasteiger partial charge on any atom is -0.494 e. The molecule has 33 heavy (non-hydrogen) atoms. The number of benzene rings is 2. The summed E-state index contributed by atoms with van der Waals surface area (Å²) < 4.78 is 34.5. The lowest BCUT2D eigenvalue weighted by atomic mass is 10.2. The van der Waals surface area contributed by atoms with Gasteiger partial charge in [0.1, 0.15) is 21.4 Å². The summed E-state index contributed by atoms with van der Waals surface area (Å²) >= 11 is 1.38. The first kappa shape index (κ1) is 24.7. The molecule has 0 spiro atoms. The van der Waals surface area contributed by atoms with E-state index in [0.29, 0.717) is 42.5 Å². The van der Waals surface area contributed by atoms with Crippen LogP contribution in [0.25, 0.3) is 10.6 Å². The molecule has 0 aliphatic carbocycles. The largest absolute Gasteiger partial charge is 0.494 e. The van der Waals surface area contributed by atoms with Gasteiger partial charge in [0, 0.05) is 25.4 Å². The average molecular weight is 489 g/mol. The molecule has 0 N–H and O–H groups in total. The van der Waals surface area contributed by atoms with E-state index in [1.165, 1.54) is 23.5 Å². The molecule has 1 amide bonds. The first-order valence-corrected chi connectivity index (χ1v) is 13.3. The van der Waals surface area contributed by atoms with E-state index in [1.807, 2.05) is 38.1 Å². The molecule has 0 saturated carbocycles. The number of ether oxygens (including phenoxy) is 2. The van der Waals surface area contributed by atoms with E-state index in [9.17, 15) is 13.2 Å². The van der Waals surface area contributed by atoms with E-state index < -0.39 is 9.84 Å². The summed E-state index contributed by atoms with van der Waals surface area (Å²) in [4.78, 5) is 20.0. The molecular formula is C24H28N2O5S2. The summed E-state index contributed by atoms with van der Waals surface area (Å²) in [7, 11) is -1.53. The highest BCUT2D eigenvalue weighted by Crippen LogP contribution is 2.30. The van der Waals surface area contributed by atoms with Gasteiger partial charge in [-0.25, -0.2) is 13.4 Å². The SMILES string of the molecule is CCOc1ccc(-c2nc(C)c(C(=O)N(C)CCCOc3cccc(S(C)(=O)=O)c3)s2)cc1. The van der Waals surface area contributed by atoms with E-state index in [4.69, 9.17) is 9.47 Å². The van der Waals surface area contributed by atoms with E-state index >= 15 is 0 Å². The zero-order valence-electron chi connectivity index (χ0n) is 19.2. The second-order valence-corrected chi connectivity index (χ2v) is 10.6. The quantitative estimate of drug-likeness (QED) is 0.392. The monoisotopic (exact) mass is 488 g/mol. The Balaban J connectivity index is 1.56. The van der Waals surface area contributed by atoms with Crippen molar-refractivity contribution in [3.63, 3.8) is 0 Å². The van der Waals surface area contributed by atoms with Crippen molar-refractivity contribution < 1.29 is 22.7 Å². The summed E-state index contributed by atoms with van der Waals surface area (Å²) in [6.45, 7) is 5.26. The highest BCUT2D eigenvalue weighted by atomic mass is 32.2. The fraction of sp³-hybridized carbons (Fsp3) is 0.333. The third kappa shape index (κ3) is 6.55. The Bertz CT molecular complexity index is 1200. The van der Waals surface area contributed by atoms with Crippen molar-refractivity contribution in [3.8, 4) is 22.1 Å². The number of aryl methyl sites for hydroxylation is 1. The predicted molar refractivity (Wildman–Crippen MR) is 130 cm³/mol. The Morgan fingerprint density at radius 3 is 2.48 bits per heavy atom. The molecule has 1 aromatic heterocycles. The van der Waals surface area contributed by atoms with Gasteiger partial charge in [-0.05, 0) is 62.7 Å². The van der Waals surface area contributed by atoms with Gasteiger partial charge in [0.2, 0.25) is 0 Å². The Morgan fingerprint density at radius 2 is 1.82 bits per heavy atom. The first-order valence-electron chi connectivity index (χ1n) is 10.6. The van der Waals surface area contributed by atoms with Gasteiger partial charge in [0.15, 0.2) is 9.84 Å². The first-order chi connectivity index (χ1) is 15.7. The van der Waals surface area contributed by atoms with Gasteiger partial charge in [0.25, 0.3) is 5.91 Å². The molecule has 1 heterocycles. The van der Waals surface area contributed by atoms with Crippen molar-refractivity contribution in [3.05, 3.63) is 59.1 Å². The Kier molecular flexibility index (Phi) is 8.10. The molecule has 0 aliphatic heterocycles. The molecule has 0 bridgehead atoms. The number of rotatable bonds is 10. The maximum atomic E-state index is 12.9. The molecule has 7 nitrogen and oxygen atoms in total. The van der Waals surface area contributed by atoms with Crippen LogP contribution in [0.5, 0.6) is 11.5 Å². The average Bonchev–Trinajstić information content (AvgIpc) is 3.18. The molecule has 0 radical (unpaired) electrons. The number of hydrogen-bond acceptors (Lipinski definition) is 7. The van der Waals surface area contributed by atoms with Crippen LogP contribution in [-0.2, 0) is 9.84 Å². The minimum atomic E-state index is -3.28. The van der Waals surface area contributed by atoms with Crippen molar-refractivity contribution in [2.45, 2.75) is 25.2 Å². The molecule has 2 aromatic carbocycles. The number of sulfone groups is 1. The number of nitrogens with zero attached hydrogens (tertiary/aromatic N) is 2. The minimum absolute atomic E-state index is 0.0822. The van der Waals surface area contributed by atoms with Crippen molar-refractivity contribution in [1.82, 2.24) is 9.88 Å². The summed E-state index contributed by atoms with van der Waals surface area (Å²) in [6.07, 6.45) is 1.77. The van der Waals surface area contributed by atoms with Gasteiger partial charge in [-0.15, -0.1) is 11.3 Å². The summed E-state index contributed by atoms with van der Waals surface area (Å²) in [5.74, 6) is 1.21. The van der Waals surface area contributed by atoms with Crippen LogP contribution in [0, 0.1) is 6.92 Å². The molecule has 0 aliphatic rings. The Hall–Kier alpha value is -2.91. The predicted octanol–water partition coefficient (Wildman–Crippen LogP) is 4.46. The number of aromatic nitrogens is 1. The maximum absolute atomic E-state index is 12.9. The smallest absolute Gasteiger partial charge is 0.265 e. The second kappa shape index (κ2) is 10.8. The zero-order chi connectivity index (χ0) is 24.0. The Morgan fingerprint density at radius 1 is 1.09 bits per heavy atom. The van der Waals surface area contributed by atoms with Crippen LogP contribution in [0.15, 0.2) is 53.4 Å². The maximum Gasteiger partial charge on any atom is 0.265 e. The van der Waals surface area contributed by atoms with Crippen molar-refractivity contribution >= 4 is 27.1 Å². The number of hydrogen-bond donors (Lipinski definition) is 0. The summed E-state index contributed by atoms with van der Waals surface area (Å²) in [6, 6.07) is 14.1. The third-order valence-electron chi connectivity index (χ3n) is 4.89. The van der Waals surface area contributed by atoms with E-state index in [2.05, 4.69) is 4.98 Å². The van der Waals surface area contributed by atoms with Crippen LogP contribution in [-0.4, -0.2) is 57.3 Å². The van der Waals surface area contributed by atoms with Crippen LogP contribution in [0.1, 0.15) is 28.7 Å². The molecule has 0 unspecified atom stereocenters. The van der Waals surface area contributed by atoms with Gasteiger partial charge in [0.05, 0.1) is 23.8 Å². The zero-order valence-corrected chi connectivity index (χ0v) is 20.8. The van der Waals surface area contributed by atoms with Crippen LogP contribution < -0.4 is 9.47 Å². The topological polar surface area (TPSA) is 85.8 Å². The Labute approximate surface area is 198 Å².